The minimum Gasteiger partial charge on any atom is -0.493 e. The number of carbonyl (C=O) groups is 2. The Morgan fingerprint density at radius 3 is 2.12 bits per heavy atom. The van der Waals surface area contributed by atoms with E-state index in [0.29, 0.717) is 42.3 Å². The van der Waals surface area contributed by atoms with E-state index in [1.807, 2.05) is 35.0 Å². The van der Waals surface area contributed by atoms with Crippen LogP contribution in [0.1, 0.15) is 22.3 Å². The molecule has 0 aliphatic rings. The number of hydrogen-bond acceptors (Lipinski definition) is 5. The Morgan fingerprint density at radius 1 is 0.824 bits per heavy atom. The Kier molecular flexibility index (Phi) is 7.22. The van der Waals surface area contributed by atoms with Gasteiger partial charge < -0.3 is 18.8 Å². The molecule has 34 heavy (non-hydrogen) atoms. The van der Waals surface area contributed by atoms with Crippen LogP contribution in [0.3, 0.4) is 0 Å². The largest absolute Gasteiger partial charge is 0.493 e. The SMILES string of the molecule is COC(=O)Cn1ccc2ccc(OCCCOc3ccc(C(=O)c4ccc(F)cc4)cc3)cc21. The number of hydrogen-bond donors (Lipinski definition) is 0. The summed E-state index contributed by atoms with van der Waals surface area (Å²) in [6.07, 6.45) is 2.51. The topological polar surface area (TPSA) is 66.8 Å². The Hall–Kier alpha value is -4.13. The van der Waals surface area contributed by atoms with Crippen molar-refractivity contribution < 1.29 is 28.2 Å². The predicted molar refractivity (Wildman–Crippen MR) is 126 cm³/mol. The second-order valence-corrected chi connectivity index (χ2v) is 7.65. The third-order valence-electron chi connectivity index (χ3n) is 5.32. The summed E-state index contributed by atoms with van der Waals surface area (Å²) < 4.78 is 31.2. The van der Waals surface area contributed by atoms with Crippen LogP contribution in [-0.4, -0.2) is 36.6 Å². The lowest BCUT2D eigenvalue weighted by molar-refractivity contribution is -0.141. The van der Waals surface area contributed by atoms with Crippen molar-refractivity contribution in [2.75, 3.05) is 20.3 Å². The van der Waals surface area contributed by atoms with Crippen LogP contribution in [0.4, 0.5) is 4.39 Å². The zero-order valence-electron chi connectivity index (χ0n) is 18.7. The van der Waals surface area contributed by atoms with Crippen LogP contribution >= 0.6 is 0 Å². The van der Waals surface area contributed by atoms with E-state index in [9.17, 15) is 14.0 Å². The molecule has 1 heterocycles. The van der Waals surface area contributed by atoms with Gasteiger partial charge in [0, 0.05) is 29.8 Å². The van der Waals surface area contributed by atoms with Crippen molar-refractivity contribution in [3.63, 3.8) is 0 Å². The van der Waals surface area contributed by atoms with Crippen LogP contribution in [0.25, 0.3) is 10.9 Å². The van der Waals surface area contributed by atoms with Crippen LogP contribution in [0, 0.1) is 5.82 Å². The van der Waals surface area contributed by atoms with E-state index >= 15 is 0 Å². The molecular formula is C27H24FNO5. The molecule has 0 saturated heterocycles. The summed E-state index contributed by atoms with van der Waals surface area (Å²) >= 11 is 0. The van der Waals surface area contributed by atoms with Crippen molar-refractivity contribution >= 4 is 22.7 Å². The minimum atomic E-state index is -0.377. The summed E-state index contributed by atoms with van der Waals surface area (Å²) in [4.78, 5) is 24.0. The Balaban J connectivity index is 1.25. The first-order valence-electron chi connectivity index (χ1n) is 10.8. The summed E-state index contributed by atoms with van der Waals surface area (Å²) in [5.41, 5.74) is 1.84. The Morgan fingerprint density at radius 2 is 1.44 bits per heavy atom. The number of methoxy groups -OCH3 is 1. The number of fused-ring (bicyclic) bond motifs is 1. The van der Waals surface area contributed by atoms with Crippen LogP contribution in [-0.2, 0) is 16.1 Å². The van der Waals surface area contributed by atoms with Crippen LogP contribution in [0.2, 0.25) is 0 Å². The fourth-order valence-corrected chi connectivity index (χ4v) is 3.50. The van der Waals surface area contributed by atoms with Gasteiger partial charge in [-0.3, -0.25) is 9.59 Å². The molecule has 1 aromatic heterocycles. The predicted octanol–water partition coefficient (Wildman–Crippen LogP) is 5.03. The van der Waals surface area contributed by atoms with Crippen molar-refractivity contribution in [1.82, 2.24) is 4.57 Å². The highest BCUT2D eigenvalue weighted by Gasteiger charge is 2.10. The van der Waals surface area contributed by atoms with Gasteiger partial charge in [0.15, 0.2) is 5.78 Å². The molecule has 0 saturated carbocycles. The highest BCUT2D eigenvalue weighted by Crippen LogP contribution is 2.22. The molecule has 0 N–H and O–H groups in total. The van der Waals surface area contributed by atoms with Crippen molar-refractivity contribution in [3.8, 4) is 11.5 Å². The molecule has 0 bridgehead atoms. The Labute approximate surface area is 196 Å². The molecule has 4 aromatic rings. The van der Waals surface area contributed by atoms with Gasteiger partial charge in [0.05, 0.1) is 25.8 Å². The molecule has 4 rings (SSSR count). The third-order valence-corrected chi connectivity index (χ3v) is 5.32. The molecule has 0 aliphatic heterocycles. The van der Waals surface area contributed by atoms with E-state index in [1.165, 1.54) is 31.4 Å². The molecule has 3 aromatic carbocycles. The quantitative estimate of drug-likeness (QED) is 0.188. The zero-order chi connectivity index (χ0) is 23.9. The zero-order valence-corrected chi connectivity index (χ0v) is 18.7. The lowest BCUT2D eigenvalue weighted by atomic mass is 10.0. The van der Waals surface area contributed by atoms with Gasteiger partial charge in [-0.25, -0.2) is 4.39 Å². The number of halogens is 1. The number of ketones is 1. The van der Waals surface area contributed by atoms with Gasteiger partial charge in [-0.15, -0.1) is 0 Å². The molecule has 0 aliphatic carbocycles. The first-order chi connectivity index (χ1) is 16.5. The Bertz CT molecular complexity index is 1280. The summed E-state index contributed by atoms with van der Waals surface area (Å²) in [6, 6.07) is 20.0. The lowest BCUT2D eigenvalue weighted by Gasteiger charge is -2.10. The number of esters is 1. The number of nitrogens with zero attached hydrogens (tertiary/aromatic N) is 1. The van der Waals surface area contributed by atoms with Gasteiger partial charge in [0.25, 0.3) is 0 Å². The van der Waals surface area contributed by atoms with Crippen LogP contribution < -0.4 is 9.47 Å². The van der Waals surface area contributed by atoms with Gasteiger partial charge in [-0.1, -0.05) is 0 Å². The van der Waals surface area contributed by atoms with Crippen LogP contribution in [0.5, 0.6) is 11.5 Å². The molecular weight excluding hydrogens is 437 g/mol. The third kappa shape index (κ3) is 5.61. The monoisotopic (exact) mass is 461 g/mol. The molecule has 0 amide bonds. The van der Waals surface area contributed by atoms with E-state index in [2.05, 4.69) is 0 Å². The molecule has 0 unspecified atom stereocenters. The number of benzene rings is 3. The van der Waals surface area contributed by atoms with Gasteiger partial charge in [0.2, 0.25) is 0 Å². The lowest BCUT2D eigenvalue weighted by Crippen LogP contribution is -2.10. The smallest absolute Gasteiger partial charge is 0.325 e. The van der Waals surface area contributed by atoms with Crippen molar-refractivity contribution in [1.29, 1.82) is 0 Å². The maximum atomic E-state index is 13.0. The molecule has 0 radical (unpaired) electrons. The highest BCUT2D eigenvalue weighted by molar-refractivity contribution is 6.09. The van der Waals surface area contributed by atoms with E-state index in [0.717, 1.165) is 10.9 Å². The number of ether oxygens (including phenoxy) is 3. The summed E-state index contributed by atoms with van der Waals surface area (Å²) in [5, 5.41) is 1.01. The summed E-state index contributed by atoms with van der Waals surface area (Å²) in [6.45, 7) is 1.06. The molecule has 174 valence electrons. The fourth-order valence-electron chi connectivity index (χ4n) is 3.50. The highest BCUT2D eigenvalue weighted by atomic mass is 19.1. The van der Waals surface area contributed by atoms with Crippen molar-refractivity contribution in [2.45, 2.75) is 13.0 Å². The normalized spacial score (nSPS) is 10.8. The maximum absolute atomic E-state index is 13.0. The summed E-state index contributed by atoms with van der Waals surface area (Å²) in [5.74, 6) is 0.500. The van der Waals surface area contributed by atoms with E-state index in [-0.39, 0.29) is 24.1 Å². The number of aromatic nitrogens is 1. The summed E-state index contributed by atoms with van der Waals surface area (Å²) in [7, 11) is 1.37. The van der Waals surface area contributed by atoms with E-state index in [4.69, 9.17) is 14.2 Å². The van der Waals surface area contributed by atoms with Gasteiger partial charge >= 0.3 is 5.97 Å². The maximum Gasteiger partial charge on any atom is 0.325 e. The van der Waals surface area contributed by atoms with Gasteiger partial charge in [0.1, 0.15) is 23.9 Å². The molecule has 0 spiro atoms. The van der Waals surface area contributed by atoms with Crippen LogP contribution in [0.15, 0.2) is 79.0 Å². The number of carbonyl (C=O) groups excluding carboxylic acids is 2. The second-order valence-electron chi connectivity index (χ2n) is 7.65. The average Bonchev–Trinajstić information content (AvgIpc) is 3.26. The first-order valence-corrected chi connectivity index (χ1v) is 10.8. The first kappa shape index (κ1) is 23.0. The molecule has 0 atom stereocenters. The van der Waals surface area contributed by atoms with Gasteiger partial charge in [-0.2, -0.15) is 0 Å². The van der Waals surface area contributed by atoms with Crippen molar-refractivity contribution in [3.05, 3.63) is 95.9 Å². The molecule has 0 fully saturated rings. The second kappa shape index (κ2) is 10.7. The van der Waals surface area contributed by atoms with E-state index < -0.39 is 0 Å². The van der Waals surface area contributed by atoms with Gasteiger partial charge in [-0.05, 0) is 72.1 Å². The standard InChI is InChI=1S/C27H24FNO5/c1-32-26(30)18-29-14-13-19-5-12-24(17-25(19)29)34-16-2-15-33-23-10-6-21(7-11-23)27(31)20-3-8-22(28)9-4-20/h3-14,17H,2,15-16,18H2,1H3. The van der Waals surface area contributed by atoms with E-state index in [1.54, 1.807) is 24.3 Å². The average molecular weight is 461 g/mol. The fraction of sp³-hybridized carbons (Fsp3) is 0.185. The van der Waals surface area contributed by atoms with Crippen molar-refractivity contribution in [2.24, 2.45) is 0 Å². The molecule has 6 nitrogen and oxygen atoms in total. The minimum absolute atomic E-state index is 0.144. The molecule has 7 heteroatoms. The number of rotatable bonds is 10.